The fourth-order valence-electron chi connectivity index (χ4n) is 3.63. The smallest absolute Gasteiger partial charge is 0.157 e. The molecule has 1 saturated carbocycles. The van der Waals surface area contributed by atoms with Crippen LogP contribution in [-0.4, -0.2) is 29.0 Å². The highest BCUT2D eigenvalue weighted by Gasteiger charge is 2.40. The molecule has 1 aromatic heterocycles. The van der Waals surface area contributed by atoms with Gasteiger partial charge in [0.15, 0.2) is 5.78 Å². The van der Waals surface area contributed by atoms with Crippen molar-refractivity contribution in [2.45, 2.75) is 30.6 Å². The number of piperidine rings is 1. The molecule has 1 aliphatic heterocycles. The molecule has 0 spiro atoms. The first-order valence-electron chi connectivity index (χ1n) is 9.07. The number of furan rings is 1. The van der Waals surface area contributed by atoms with Gasteiger partial charge in [-0.1, -0.05) is 18.2 Å². The number of likely N-dealkylation sites (tertiary alicyclic amines) is 1. The first-order valence-corrected chi connectivity index (χ1v) is 9.59. The lowest BCUT2D eigenvalue weighted by Gasteiger charge is -2.37. The average Bonchev–Trinajstić information content (AvgIpc) is 3.37. The van der Waals surface area contributed by atoms with Gasteiger partial charge in [0.1, 0.15) is 11.6 Å². The number of halogens is 1. The molecule has 1 aromatic carbocycles. The number of rotatable bonds is 5. The van der Waals surface area contributed by atoms with E-state index in [9.17, 15) is 9.18 Å². The maximum atomic E-state index is 14.5. The lowest BCUT2D eigenvalue weighted by molar-refractivity contribution is -0.126. The summed E-state index contributed by atoms with van der Waals surface area (Å²) in [6.07, 6.45) is 6.28. The summed E-state index contributed by atoms with van der Waals surface area (Å²) in [6.45, 7) is 1.31. The van der Waals surface area contributed by atoms with E-state index in [1.54, 1.807) is 24.5 Å². The van der Waals surface area contributed by atoms with Gasteiger partial charge in [0.05, 0.1) is 12.3 Å². The van der Waals surface area contributed by atoms with Gasteiger partial charge < -0.3 is 4.42 Å². The van der Waals surface area contributed by atoms with Crippen LogP contribution in [0.15, 0.2) is 52.7 Å². The van der Waals surface area contributed by atoms with Crippen LogP contribution in [0.4, 0.5) is 4.39 Å². The number of benzene rings is 1. The molecule has 2 aliphatic rings. The molecule has 0 radical (unpaired) electrons. The zero-order valence-electron chi connectivity index (χ0n) is 14.5. The fourth-order valence-corrected chi connectivity index (χ4v) is 3.90. The number of carbonyl (C=O) groups is 1. The summed E-state index contributed by atoms with van der Waals surface area (Å²) in [5.74, 6) is 0.684. The van der Waals surface area contributed by atoms with Crippen LogP contribution < -0.4 is 0 Å². The van der Waals surface area contributed by atoms with Crippen LogP contribution in [0.1, 0.15) is 36.6 Å². The van der Waals surface area contributed by atoms with Crippen LogP contribution in [0.3, 0.4) is 0 Å². The van der Waals surface area contributed by atoms with Crippen LogP contribution in [0.2, 0.25) is 0 Å². The number of hydrogen-bond acceptors (Lipinski definition) is 4. The third-order valence-corrected chi connectivity index (χ3v) is 5.78. The number of carbonyl (C=O) groups excluding carboxylic acids is 1. The molecule has 0 amide bonds. The SMILES string of the molecule is O=C(C1CC1)C(c1ccccc1F)N1CCC(S)C(=Cc2ccco2)C1. The number of hydrogen-bond donors (Lipinski definition) is 1. The Balaban J connectivity index is 1.65. The molecule has 0 bridgehead atoms. The van der Waals surface area contributed by atoms with Gasteiger partial charge in [-0.2, -0.15) is 12.6 Å². The molecule has 2 fully saturated rings. The Labute approximate surface area is 158 Å². The van der Waals surface area contributed by atoms with Crippen LogP contribution in [0.25, 0.3) is 6.08 Å². The molecule has 2 unspecified atom stereocenters. The van der Waals surface area contributed by atoms with Gasteiger partial charge in [-0.15, -0.1) is 0 Å². The minimum absolute atomic E-state index is 0.0748. The second-order valence-electron chi connectivity index (χ2n) is 7.11. The lowest BCUT2D eigenvalue weighted by Crippen LogP contribution is -2.42. The Morgan fingerprint density at radius 2 is 2.04 bits per heavy atom. The lowest BCUT2D eigenvalue weighted by atomic mass is 9.93. The Morgan fingerprint density at radius 3 is 2.73 bits per heavy atom. The summed E-state index contributed by atoms with van der Waals surface area (Å²) in [5.41, 5.74) is 1.58. The van der Waals surface area contributed by atoms with Crippen molar-refractivity contribution in [1.82, 2.24) is 4.90 Å². The number of thiol groups is 1. The van der Waals surface area contributed by atoms with Gasteiger partial charge in [0, 0.05) is 29.8 Å². The van der Waals surface area contributed by atoms with Crippen molar-refractivity contribution in [1.29, 1.82) is 0 Å². The van der Waals surface area contributed by atoms with Crippen molar-refractivity contribution in [3.8, 4) is 0 Å². The van der Waals surface area contributed by atoms with E-state index < -0.39 is 6.04 Å². The summed E-state index contributed by atoms with van der Waals surface area (Å²) in [4.78, 5) is 15.1. The predicted molar refractivity (Wildman–Crippen MR) is 103 cm³/mol. The maximum Gasteiger partial charge on any atom is 0.157 e. The summed E-state index contributed by atoms with van der Waals surface area (Å²) < 4.78 is 19.9. The standard InChI is InChI=1S/C21H22FNO2S/c22-18-6-2-1-5-17(18)20(21(24)14-7-8-14)23-10-9-19(26)15(13-23)12-16-4-3-11-25-16/h1-6,11-12,14,19-20,26H,7-10,13H2. The van der Waals surface area contributed by atoms with Crippen LogP contribution in [-0.2, 0) is 4.79 Å². The number of Topliss-reactive ketones (excluding diaryl/α,β-unsaturated/α-hetero) is 1. The van der Waals surface area contributed by atoms with Crippen molar-refractivity contribution in [2.24, 2.45) is 5.92 Å². The number of nitrogens with zero attached hydrogens (tertiary/aromatic N) is 1. The quantitative estimate of drug-likeness (QED) is 0.784. The fraction of sp³-hybridized carbons (Fsp3) is 0.381. The van der Waals surface area contributed by atoms with Crippen molar-refractivity contribution in [2.75, 3.05) is 13.1 Å². The van der Waals surface area contributed by atoms with E-state index in [2.05, 4.69) is 4.90 Å². The zero-order chi connectivity index (χ0) is 18.1. The van der Waals surface area contributed by atoms with Crippen molar-refractivity contribution < 1.29 is 13.6 Å². The van der Waals surface area contributed by atoms with E-state index in [0.717, 1.165) is 37.1 Å². The molecule has 2 atom stereocenters. The maximum absolute atomic E-state index is 14.5. The van der Waals surface area contributed by atoms with Gasteiger partial charge >= 0.3 is 0 Å². The second kappa shape index (κ2) is 7.41. The topological polar surface area (TPSA) is 33.5 Å². The summed E-state index contributed by atoms with van der Waals surface area (Å²) in [5, 5.41) is 0.119. The van der Waals surface area contributed by atoms with E-state index in [1.807, 2.05) is 18.2 Å². The molecule has 1 aliphatic carbocycles. The van der Waals surface area contributed by atoms with Gasteiger partial charge in [0.2, 0.25) is 0 Å². The third-order valence-electron chi connectivity index (χ3n) is 5.19. The highest BCUT2D eigenvalue weighted by Crippen LogP contribution is 2.39. The number of ketones is 1. The second-order valence-corrected chi connectivity index (χ2v) is 7.73. The Kier molecular flexibility index (Phi) is 5.00. The summed E-state index contributed by atoms with van der Waals surface area (Å²) >= 11 is 4.69. The largest absolute Gasteiger partial charge is 0.465 e. The van der Waals surface area contributed by atoms with E-state index in [-0.39, 0.29) is 22.8 Å². The van der Waals surface area contributed by atoms with Crippen LogP contribution in [0.5, 0.6) is 0 Å². The highest BCUT2D eigenvalue weighted by molar-refractivity contribution is 7.81. The molecule has 136 valence electrons. The molecule has 2 aromatic rings. The molecule has 1 saturated heterocycles. The van der Waals surface area contributed by atoms with Crippen LogP contribution in [0, 0.1) is 11.7 Å². The molecular formula is C21H22FNO2S. The van der Waals surface area contributed by atoms with Crippen molar-refractivity contribution in [3.05, 3.63) is 65.4 Å². The van der Waals surface area contributed by atoms with Gasteiger partial charge in [0.25, 0.3) is 0 Å². The Morgan fingerprint density at radius 1 is 1.23 bits per heavy atom. The van der Waals surface area contributed by atoms with Gasteiger partial charge in [-0.25, -0.2) is 4.39 Å². The Bertz CT molecular complexity index is 813. The molecule has 5 heteroatoms. The molecule has 3 nitrogen and oxygen atoms in total. The van der Waals surface area contributed by atoms with Gasteiger partial charge in [-0.05, 0) is 49.1 Å². The normalized spacial score (nSPS) is 23.9. The molecule has 26 heavy (non-hydrogen) atoms. The average molecular weight is 371 g/mol. The van der Waals surface area contributed by atoms with Crippen LogP contribution >= 0.6 is 12.6 Å². The van der Waals surface area contributed by atoms with E-state index in [4.69, 9.17) is 17.0 Å². The van der Waals surface area contributed by atoms with E-state index >= 15 is 0 Å². The summed E-state index contributed by atoms with van der Waals surface area (Å²) in [7, 11) is 0. The summed E-state index contributed by atoms with van der Waals surface area (Å²) in [6, 6.07) is 9.87. The third kappa shape index (κ3) is 3.64. The molecule has 4 rings (SSSR count). The zero-order valence-corrected chi connectivity index (χ0v) is 15.4. The highest BCUT2D eigenvalue weighted by atomic mass is 32.1. The minimum Gasteiger partial charge on any atom is -0.465 e. The first-order chi connectivity index (χ1) is 12.6. The molecule has 0 N–H and O–H groups in total. The first kappa shape index (κ1) is 17.6. The van der Waals surface area contributed by atoms with Crippen molar-refractivity contribution in [3.63, 3.8) is 0 Å². The molecular weight excluding hydrogens is 349 g/mol. The van der Waals surface area contributed by atoms with E-state index in [0.29, 0.717) is 12.1 Å². The molecule has 2 heterocycles. The predicted octanol–water partition coefficient (Wildman–Crippen LogP) is 4.53. The van der Waals surface area contributed by atoms with E-state index in [1.165, 1.54) is 6.07 Å². The monoisotopic (exact) mass is 371 g/mol. The van der Waals surface area contributed by atoms with Gasteiger partial charge in [-0.3, -0.25) is 9.69 Å². The minimum atomic E-state index is -0.524. The Hall–Kier alpha value is -1.85. The van der Waals surface area contributed by atoms with Crippen molar-refractivity contribution >= 4 is 24.5 Å².